The number of thioether (sulfide) groups is 1. The highest BCUT2D eigenvalue weighted by Gasteiger charge is 2.25. The lowest BCUT2D eigenvalue weighted by atomic mass is 9.98. The average molecular weight is 507 g/mol. The van der Waals surface area contributed by atoms with Crippen LogP contribution < -0.4 is 5.32 Å². The van der Waals surface area contributed by atoms with Crippen molar-refractivity contribution in [1.29, 1.82) is 0 Å². The molecule has 2 rings (SSSR count). The van der Waals surface area contributed by atoms with E-state index in [9.17, 15) is 28.9 Å². The second-order valence-electron chi connectivity index (χ2n) is 7.64. The third-order valence-electron chi connectivity index (χ3n) is 4.97. The molecule has 9 nitrogen and oxygen atoms in total. The molecule has 0 aliphatic rings. The number of ether oxygens (including phenoxy) is 1. The number of carbonyl (C=O) groups excluding carboxylic acids is 3. The van der Waals surface area contributed by atoms with Crippen molar-refractivity contribution >= 4 is 28.8 Å². The Labute approximate surface area is 206 Å². The minimum atomic E-state index is -1.05. The molecule has 188 valence electrons. The molecule has 0 fully saturated rings. The van der Waals surface area contributed by atoms with Crippen LogP contribution in [-0.2, 0) is 24.0 Å². The average Bonchev–Trinajstić information content (AvgIpc) is 2.83. The smallest absolute Gasteiger partial charge is 0.329 e. The van der Waals surface area contributed by atoms with Gasteiger partial charge in [0.1, 0.15) is 11.9 Å². The van der Waals surface area contributed by atoms with E-state index in [1.54, 1.807) is 31.2 Å². The fourth-order valence-electron chi connectivity index (χ4n) is 3.11. The Balaban J connectivity index is 1.91. The monoisotopic (exact) mass is 506 g/mol. The van der Waals surface area contributed by atoms with Crippen LogP contribution in [-0.4, -0.2) is 47.1 Å². The normalized spacial score (nSPS) is 12.3. The van der Waals surface area contributed by atoms with Crippen LogP contribution in [0.15, 0.2) is 48.5 Å². The van der Waals surface area contributed by atoms with Gasteiger partial charge in [-0.3, -0.25) is 9.59 Å². The molecule has 0 heterocycles. The van der Waals surface area contributed by atoms with Gasteiger partial charge in [-0.2, -0.15) is 0 Å². The minimum Gasteiger partial charge on any atom is -0.464 e. The quantitative estimate of drug-likeness (QED) is 0.188. The zero-order chi connectivity index (χ0) is 25.8. The number of hydrogen-bond acceptors (Lipinski definition) is 8. The van der Waals surface area contributed by atoms with E-state index in [0.717, 1.165) is 17.3 Å². The third kappa shape index (κ3) is 9.36. The maximum Gasteiger partial charge on any atom is 0.329 e. The molecule has 1 N–H and O–H groups in total. The summed E-state index contributed by atoms with van der Waals surface area (Å²) in [5.74, 6) is -2.33. The maximum atomic E-state index is 14.7. The van der Waals surface area contributed by atoms with Crippen molar-refractivity contribution in [2.75, 3.05) is 19.0 Å². The van der Waals surface area contributed by atoms with Gasteiger partial charge in [0.05, 0.1) is 19.1 Å². The molecular formula is C24H27FN2O7S. The number of unbranched alkanes of at least 4 members (excludes halogenated alkanes) is 1. The number of benzene rings is 2. The minimum absolute atomic E-state index is 0.0158. The van der Waals surface area contributed by atoms with Crippen molar-refractivity contribution < 1.29 is 33.4 Å². The van der Waals surface area contributed by atoms with E-state index in [0.29, 0.717) is 24.0 Å². The molecule has 35 heavy (non-hydrogen) atoms. The zero-order valence-electron chi connectivity index (χ0n) is 19.4. The molecule has 11 heteroatoms. The molecule has 2 aromatic carbocycles. The summed E-state index contributed by atoms with van der Waals surface area (Å²) in [4.78, 5) is 50.8. The molecule has 0 aliphatic carbocycles. The first-order valence-electron chi connectivity index (χ1n) is 10.9. The van der Waals surface area contributed by atoms with Crippen molar-refractivity contribution in [3.63, 3.8) is 0 Å². The number of hydrogen-bond donors (Lipinski definition) is 1. The highest BCUT2D eigenvalue weighted by molar-refractivity contribution is 8.13. The molecule has 1 amide bonds. The first kappa shape index (κ1) is 27.8. The number of nitrogens with zero attached hydrogens (tertiary/aromatic N) is 1. The van der Waals surface area contributed by atoms with Crippen LogP contribution in [0, 0.1) is 15.9 Å². The van der Waals surface area contributed by atoms with E-state index in [1.165, 1.54) is 13.0 Å². The Morgan fingerprint density at radius 3 is 2.43 bits per heavy atom. The highest BCUT2D eigenvalue weighted by Crippen LogP contribution is 2.28. The number of halogens is 1. The Morgan fingerprint density at radius 1 is 1.11 bits per heavy atom. The van der Waals surface area contributed by atoms with Crippen molar-refractivity contribution in [1.82, 2.24) is 5.32 Å². The lowest BCUT2D eigenvalue weighted by Crippen LogP contribution is -2.43. The molecule has 0 saturated heterocycles. The first-order valence-corrected chi connectivity index (χ1v) is 11.9. The van der Waals surface area contributed by atoms with Gasteiger partial charge in [0.2, 0.25) is 5.91 Å². The van der Waals surface area contributed by atoms with E-state index in [1.807, 2.05) is 18.2 Å². The van der Waals surface area contributed by atoms with Crippen LogP contribution in [0.2, 0.25) is 0 Å². The van der Waals surface area contributed by atoms with Crippen LogP contribution in [0.4, 0.5) is 4.39 Å². The van der Waals surface area contributed by atoms with Crippen LogP contribution in [0.25, 0.3) is 11.1 Å². The zero-order valence-corrected chi connectivity index (χ0v) is 20.2. The SMILES string of the molecule is CC(=O)N[C@@H](CSC(=O)[C@@H](C)c1ccc(-c2ccccc2)c(F)c1)C(=O)OCCCCO[N+](=O)[O-]. The summed E-state index contributed by atoms with van der Waals surface area (Å²) in [6.07, 6.45) is 0.642. The molecular weight excluding hydrogens is 479 g/mol. The van der Waals surface area contributed by atoms with Gasteiger partial charge in [-0.25, -0.2) is 9.18 Å². The molecule has 0 aliphatic heterocycles. The summed E-state index contributed by atoms with van der Waals surface area (Å²) in [6.45, 7) is 2.75. The molecule has 2 atom stereocenters. The lowest BCUT2D eigenvalue weighted by Gasteiger charge is -2.17. The summed E-state index contributed by atoms with van der Waals surface area (Å²) >= 11 is 0.843. The van der Waals surface area contributed by atoms with Crippen LogP contribution in [0.5, 0.6) is 0 Å². The summed E-state index contributed by atoms with van der Waals surface area (Å²) in [6, 6.07) is 12.6. The van der Waals surface area contributed by atoms with Gasteiger partial charge in [0, 0.05) is 18.2 Å². The van der Waals surface area contributed by atoms with Crippen molar-refractivity contribution in [2.24, 2.45) is 0 Å². The van der Waals surface area contributed by atoms with Crippen LogP contribution in [0.3, 0.4) is 0 Å². The van der Waals surface area contributed by atoms with Gasteiger partial charge in [0.15, 0.2) is 5.12 Å². The summed E-state index contributed by atoms with van der Waals surface area (Å²) in [5, 5.41) is 11.4. The van der Waals surface area contributed by atoms with Gasteiger partial charge >= 0.3 is 5.97 Å². The van der Waals surface area contributed by atoms with E-state index < -0.39 is 34.7 Å². The summed E-state index contributed by atoms with van der Waals surface area (Å²) < 4.78 is 19.8. The number of amides is 1. The molecule has 0 unspecified atom stereocenters. The first-order chi connectivity index (χ1) is 16.7. The number of nitrogens with one attached hydrogen (secondary N) is 1. The van der Waals surface area contributed by atoms with E-state index in [-0.39, 0.29) is 24.1 Å². The Bertz CT molecular complexity index is 1040. The molecule has 0 spiro atoms. The van der Waals surface area contributed by atoms with Crippen LogP contribution >= 0.6 is 11.8 Å². The van der Waals surface area contributed by atoms with Crippen molar-refractivity contribution in [3.8, 4) is 11.1 Å². The van der Waals surface area contributed by atoms with E-state index in [4.69, 9.17) is 4.74 Å². The summed E-state index contributed by atoms with van der Waals surface area (Å²) in [7, 11) is 0. The topological polar surface area (TPSA) is 125 Å². The predicted octanol–water partition coefficient (Wildman–Crippen LogP) is 3.89. The summed E-state index contributed by atoms with van der Waals surface area (Å²) in [5.41, 5.74) is 1.65. The Kier molecular flexibility index (Phi) is 11.1. The second kappa shape index (κ2) is 14.1. The van der Waals surface area contributed by atoms with Gasteiger partial charge in [-0.1, -0.05) is 61.2 Å². The fourth-order valence-corrected chi connectivity index (χ4v) is 4.05. The van der Waals surface area contributed by atoms with Crippen LogP contribution in [0.1, 0.15) is 38.2 Å². The van der Waals surface area contributed by atoms with Gasteiger partial charge in [-0.05, 0) is 30.0 Å². The van der Waals surface area contributed by atoms with Crippen molar-refractivity contribution in [3.05, 3.63) is 70.0 Å². The van der Waals surface area contributed by atoms with E-state index in [2.05, 4.69) is 10.2 Å². The second-order valence-corrected chi connectivity index (χ2v) is 8.67. The van der Waals surface area contributed by atoms with E-state index >= 15 is 0 Å². The standard InChI is InChI=1S/C24H27FN2O7S/c1-16(19-10-11-20(21(25)14-19)18-8-4-3-5-9-18)24(30)35-15-22(26-17(2)28)23(29)33-12-6-7-13-34-27(31)32/h3-5,8-11,14,16,22H,6-7,12-13,15H2,1-2H3,(H,26,28)/t16-,22-/m0/s1. The Morgan fingerprint density at radius 2 is 1.80 bits per heavy atom. The largest absolute Gasteiger partial charge is 0.464 e. The molecule has 2 aromatic rings. The maximum absolute atomic E-state index is 14.7. The predicted molar refractivity (Wildman–Crippen MR) is 128 cm³/mol. The lowest BCUT2D eigenvalue weighted by molar-refractivity contribution is -0.757. The molecule has 0 radical (unpaired) electrons. The highest BCUT2D eigenvalue weighted by atomic mass is 32.2. The molecule has 0 bridgehead atoms. The fraction of sp³-hybridized carbons (Fsp3) is 0.375. The number of carbonyl (C=O) groups is 3. The number of rotatable bonds is 13. The van der Waals surface area contributed by atoms with Gasteiger partial charge < -0.3 is 14.9 Å². The van der Waals surface area contributed by atoms with Crippen molar-refractivity contribution in [2.45, 2.75) is 38.6 Å². The van der Waals surface area contributed by atoms with Gasteiger partial charge in [0.25, 0.3) is 5.09 Å². The molecule has 0 saturated carbocycles. The third-order valence-corrected chi connectivity index (χ3v) is 6.10. The van der Waals surface area contributed by atoms with Gasteiger partial charge in [-0.15, -0.1) is 10.1 Å². The number of esters is 1. The molecule has 0 aromatic heterocycles. The Hall–Kier alpha value is -3.47.